The zero-order valence-corrected chi connectivity index (χ0v) is 10.9. The number of non-ortho nitro benzene ring substituents is 1. The van der Waals surface area contributed by atoms with Crippen LogP contribution in [0.3, 0.4) is 0 Å². The molecule has 3 aliphatic rings. The van der Waals surface area contributed by atoms with Crippen molar-refractivity contribution < 1.29 is 10.1 Å². The molecule has 6 nitrogen and oxygen atoms in total. The predicted molar refractivity (Wildman–Crippen MR) is 74.6 cm³/mol. The summed E-state index contributed by atoms with van der Waals surface area (Å²) in [5, 5.41) is 23.3. The maximum atomic E-state index is 10.6. The molecule has 1 aromatic carbocycles. The van der Waals surface area contributed by atoms with E-state index in [1.807, 2.05) is 6.08 Å². The molecule has 0 amide bonds. The molecule has 4 rings (SSSR count). The van der Waals surface area contributed by atoms with E-state index in [4.69, 9.17) is 0 Å². The summed E-state index contributed by atoms with van der Waals surface area (Å²) >= 11 is 0. The first-order chi connectivity index (χ1) is 9.69. The molecule has 3 fully saturated rings. The van der Waals surface area contributed by atoms with Gasteiger partial charge in [-0.05, 0) is 36.6 Å². The Bertz CT molecular complexity index is 584. The smallest absolute Gasteiger partial charge is 0.269 e. The highest BCUT2D eigenvalue weighted by molar-refractivity contribution is 6.05. The first-order valence-corrected chi connectivity index (χ1v) is 6.62. The Labute approximate surface area is 116 Å². The van der Waals surface area contributed by atoms with Crippen LogP contribution in [0, 0.1) is 16.0 Å². The molecule has 0 saturated carbocycles. The van der Waals surface area contributed by atoms with Crippen molar-refractivity contribution in [3.63, 3.8) is 0 Å². The average Bonchev–Trinajstić information content (AvgIpc) is 2.49. The maximum absolute atomic E-state index is 10.6. The monoisotopic (exact) mass is 273 g/mol. The first-order valence-electron chi connectivity index (χ1n) is 6.62. The maximum Gasteiger partial charge on any atom is 0.269 e. The number of rotatable bonds is 2. The lowest BCUT2D eigenvalue weighted by atomic mass is 9.83. The minimum atomic E-state index is -0.413. The van der Waals surface area contributed by atoms with Gasteiger partial charge in [-0.2, -0.15) is 0 Å². The van der Waals surface area contributed by atoms with E-state index < -0.39 is 4.92 Å². The predicted octanol–water partition coefficient (Wildman–Crippen LogP) is 2.49. The van der Waals surface area contributed by atoms with Gasteiger partial charge in [0.05, 0.1) is 10.6 Å². The fourth-order valence-electron chi connectivity index (χ4n) is 2.91. The number of nitro benzene ring substituents is 1. The molecule has 0 radical (unpaired) electrons. The van der Waals surface area contributed by atoms with Crippen LogP contribution in [0.25, 0.3) is 6.08 Å². The van der Waals surface area contributed by atoms with E-state index in [1.54, 1.807) is 12.1 Å². The van der Waals surface area contributed by atoms with E-state index in [9.17, 15) is 15.3 Å². The molecule has 20 heavy (non-hydrogen) atoms. The third-order valence-electron chi connectivity index (χ3n) is 4.00. The SMILES string of the molecule is O=[N+]([O-])c1ccc(/C=C2\C(=N\O)C3CCN2CC3)cc1. The summed E-state index contributed by atoms with van der Waals surface area (Å²) in [6.45, 7) is 1.95. The molecule has 0 atom stereocenters. The Kier molecular flexibility index (Phi) is 3.14. The van der Waals surface area contributed by atoms with Gasteiger partial charge in [0.2, 0.25) is 0 Å². The minimum absolute atomic E-state index is 0.0775. The van der Waals surface area contributed by atoms with Crippen LogP contribution in [0.2, 0.25) is 0 Å². The molecule has 0 spiro atoms. The molecule has 0 aromatic heterocycles. The van der Waals surface area contributed by atoms with Gasteiger partial charge in [-0.1, -0.05) is 5.16 Å². The van der Waals surface area contributed by atoms with Crippen LogP contribution in [-0.2, 0) is 0 Å². The molecule has 0 aliphatic carbocycles. The van der Waals surface area contributed by atoms with Crippen LogP contribution in [0.15, 0.2) is 35.1 Å². The number of benzene rings is 1. The third-order valence-corrected chi connectivity index (χ3v) is 4.00. The van der Waals surface area contributed by atoms with E-state index in [1.165, 1.54) is 12.1 Å². The van der Waals surface area contributed by atoms with Gasteiger partial charge in [-0.3, -0.25) is 10.1 Å². The molecular weight excluding hydrogens is 258 g/mol. The summed E-state index contributed by atoms with van der Waals surface area (Å²) in [6, 6.07) is 6.39. The fraction of sp³-hybridized carbons (Fsp3) is 0.357. The molecule has 3 saturated heterocycles. The van der Waals surface area contributed by atoms with Crippen molar-refractivity contribution in [2.24, 2.45) is 11.1 Å². The lowest BCUT2D eigenvalue weighted by Crippen LogP contribution is -2.46. The lowest BCUT2D eigenvalue weighted by molar-refractivity contribution is -0.384. The average molecular weight is 273 g/mol. The third kappa shape index (κ3) is 2.13. The van der Waals surface area contributed by atoms with E-state index in [-0.39, 0.29) is 5.69 Å². The van der Waals surface area contributed by atoms with Crippen molar-refractivity contribution in [3.05, 3.63) is 45.6 Å². The molecular formula is C14H15N3O3. The molecule has 3 aliphatic heterocycles. The number of nitro groups is 1. The highest BCUT2D eigenvalue weighted by Gasteiger charge is 2.35. The number of oxime groups is 1. The van der Waals surface area contributed by atoms with E-state index in [0.717, 1.165) is 42.9 Å². The van der Waals surface area contributed by atoms with Gasteiger partial charge in [-0.25, -0.2) is 0 Å². The van der Waals surface area contributed by atoms with E-state index in [0.29, 0.717) is 5.92 Å². The van der Waals surface area contributed by atoms with Crippen LogP contribution in [0.4, 0.5) is 5.69 Å². The largest absolute Gasteiger partial charge is 0.411 e. The topological polar surface area (TPSA) is 79.0 Å². The standard InChI is InChI=1S/C14H15N3O3/c18-15-14-11-5-7-16(8-6-11)13(14)9-10-1-3-12(4-2-10)17(19)20/h1-4,9,11,18H,5-8H2/b13-9+,15-14+. The zero-order chi connectivity index (χ0) is 14.1. The van der Waals surface area contributed by atoms with Crippen molar-refractivity contribution in [1.29, 1.82) is 0 Å². The minimum Gasteiger partial charge on any atom is -0.411 e. The number of fused-ring (bicyclic) bond motifs is 3. The van der Waals surface area contributed by atoms with Gasteiger partial charge in [0.25, 0.3) is 5.69 Å². The molecule has 6 heteroatoms. The first kappa shape index (κ1) is 12.7. The van der Waals surface area contributed by atoms with Crippen molar-refractivity contribution >= 4 is 17.5 Å². The summed E-state index contributed by atoms with van der Waals surface area (Å²) in [5.41, 5.74) is 2.62. The zero-order valence-electron chi connectivity index (χ0n) is 10.9. The quantitative estimate of drug-likeness (QED) is 0.510. The van der Waals surface area contributed by atoms with Crippen molar-refractivity contribution in [3.8, 4) is 0 Å². The Morgan fingerprint density at radius 3 is 2.50 bits per heavy atom. The van der Waals surface area contributed by atoms with Gasteiger partial charge in [0, 0.05) is 31.1 Å². The second-order valence-electron chi connectivity index (χ2n) is 5.12. The fourth-order valence-corrected chi connectivity index (χ4v) is 2.91. The number of piperidine rings is 3. The van der Waals surface area contributed by atoms with Crippen molar-refractivity contribution in [2.75, 3.05) is 13.1 Å². The molecule has 1 N–H and O–H groups in total. The Hall–Kier alpha value is -2.37. The van der Waals surface area contributed by atoms with Gasteiger partial charge in [-0.15, -0.1) is 0 Å². The lowest BCUT2D eigenvalue weighted by Gasteiger charge is -2.42. The van der Waals surface area contributed by atoms with Crippen LogP contribution in [0.1, 0.15) is 18.4 Å². The van der Waals surface area contributed by atoms with Crippen molar-refractivity contribution in [1.82, 2.24) is 4.90 Å². The Morgan fingerprint density at radius 2 is 1.95 bits per heavy atom. The highest BCUT2D eigenvalue weighted by atomic mass is 16.6. The van der Waals surface area contributed by atoms with Gasteiger partial charge < -0.3 is 10.1 Å². The summed E-state index contributed by atoms with van der Waals surface area (Å²) < 4.78 is 0. The van der Waals surface area contributed by atoms with Crippen LogP contribution < -0.4 is 0 Å². The number of hydrogen-bond acceptors (Lipinski definition) is 5. The summed E-state index contributed by atoms with van der Waals surface area (Å²) in [7, 11) is 0. The van der Waals surface area contributed by atoms with Gasteiger partial charge in [0.1, 0.15) is 5.71 Å². The van der Waals surface area contributed by atoms with Crippen LogP contribution in [-0.4, -0.2) is 33.8 Å². The summed E-state index contributed by atoms with van der Waals surface area (Å²) in [6.07, 6.45) is 3.98. The Balaban J connectivity index is 1.92. The number of nitrogens with zero attached hydrogens (tertiary/aromatic N) is 3. The molecule has 104 valence electrons. The second-order valence-corrected chi connectivity index (χ2v) is 5.12. The van der Waals surface area contributed by atoms with E-state index in [2.05, 4.69) is 10.1 Å². The molecule has 3 heterocycles. The van der Waals surface area contributed by atoms with Crippen LogP contribution >= 0.6 is 0 Å². The summed E-state index contributed by atoms with van der Waals surface area (Å²) in [5.74, 6) is 0.328. The summed E-state index contributed by atoms with van der Waals surface area (Å²) in [4.78, 5) is 12.4. The van der Waals surface area contributed by atoms with E-state index >= 15 is 0 Å². The van der Waals surface area contributed by atoms with Gasteiger partial charge >= 0.3 is 0 Å². The molecule has 0 unspecified atom stereocenters. The highest BCUT2D eigenvalue weighted by Crippen LogP contribution is 2.33. The van der Waals surface area contributed by atoms with Gasteiger partial charge in [0.15, 0.2) is 0 Å². The normalized spacial score (nSPS) is 22.7. The molecule has 2 bridgehead atoms. The van der Waals surface area contributed by atoms with Crippen LogP contribution in [0.5, 0.6) is 0 Å². The number of hydrogen-bond donors (Lipinski definition) is 1. The van der Waals surface area contributed by atoms with Crippen molar-refractivity contribution in [2.45, 2.75) is 12.8 Å². The Morgan fingerprint density at radius 1 is 1.30 bits per heavy atom. The number of allylic oxidation sites excluding steroid dienone is 1. The molecule has 1 aromatic rings. The second kappa shape index (κ2) is 4.96.